The van der Waals surface area contributed by atoms with Crippen LogP contribution in [0.1, 0.15) is 39.2 Å². The quantitative estimate of drug-likeness (QED) is 0.896. The second-order valence-corrected chi connectivity index (χ2v) is 6.86. The number of piperidine rings is 1. The van der Waals surface area contributed by atoms with Gasteiger partial charge in [-0.25, -0.2) is 4.79 Å². The molecule has 5 nitrogen and oxygen atoms in total. The SMILES string of the molecule is CC(C)NC(=O)N1CCC[C@@](C)(C(=O)NCc2ccccc2)C1. The first-order valence-electron chi connectivity index (χ1n) is 8.28. The normalized spacial score (nSPS) is 21.1. The average Bonchev–Trinajstić information content (AvgIpc) is 2.53. The third-order valence-corrected chi connectivity index (χ3v) is 4.24. The summed E-state index contributed by atoms with van der Waals surface area (Å²) >= 11 is 0. The zero-order valence-corrected chi connectivity index (χ0v) is 14.3. The molecule has 1 aliphatic rings. The van der Waals surface area contributed by atoms with Crippen molar-refractivity contribution >= 4 is 11.9 Å². The lowest BCUT2D eigenvalue weighted by Crippen LogP contribution is -2.54. The molecule has 1 aliphatic heterocycles. The lowest BCUT2D eigenvalue weighted by atomic mass is 9.81. The Morgan fingerprint density at radius 2 is 1.96 bits per heavy atom. The molecule has 0 spiro atoms. The molecule has 0 saturated carbocycles. The van der Waals surface area contributed by atoms with Gasteiger partial charge in [0.2, 0.25) is 5.91 Å². The summed E-state index contributed by atoms with van der Waals surface area (Å²) in [4.78, 5) is 26.6. The van der Waals surface area contributed by atoms with Crippen LogP contribution < -0.4 is 10.6 Å². The van der Waals surface area contributed by atoms with Crippen LogP contribution in [0.4, 0.5) is 4.79 Å². The maximum atomic E-state index is 12.6. The van der Waals surface area contributed by atoms with Gasteiger partial charge >= 0.3 is 6.03 Å². The third kappa shape index (κ3) is 4.71. The van der Waals surface area contributed by atoms with E-state index in [9.17, 15) is 9.59 Å². The molecule has 0 aromatic heterocycles. The van der Waals surface area contributed by atoms with E-state index in [1.807, 2.05) is 51.1 Å². The highest BCUT2D eigenvalue weighted by Gasteiger charge is 2.39. The Morgan fingerprint density at radius 3 is 2.61 bits per heavy atom. The van der Waals surface area contributed by atoms with Gasteiger partial charge in [0, 0.05) is 25.7 Å². The highest BCUT2D eigenvalue weighted by molar-refractivity contribution is 5.84. The summed E-state index contributed by atoms with van der Waals surface area (Å²) in [5.41, 5.74) is 0.552. The molecular formula is C18H27N3O2. The van der Waals surface area contributed by atoms with Gasteiger partial charge in [-0.1, -0.05) is 30.3 Å². The molecule has 1 aromatic carbocycles. The van der Waals surface area contributed by atoms with Crippen LogP contribution in [-0.4, -0.2) is 36.0 Å². The van der Waals surface area contributed by atoms with Crippen LogP contribution in [0.2, 0.25) is 0 Å². The van der Waals surface area contributed by atoms with Gasteiger partial charge in [-0.05, 0) is 39.2 Å². The van der Waals surface area contributed by atoms with E-state index in [1.165, 1.54) is 0 Å². The van der Waals surface area contributed by atoms with Gasteiger partial charge in [-0.3, -0.25) is 4.79 Å². The van der Waals surface area contributed by atoms with E-state index in [-0.39, 0.29) is 18.0 Å². The minimum Gasteiger partial charge on any atom is -0.351 e. The minimum atomic E-state index is -0.526. The zero-order valence-electron chi connectivity index (χ0n) is 14.3. The van der Waals surface area contributed by atoms with Gasteiger partial charge in [-0.2, -0.15) is 0 Å². The number of benzene rings is 1. The fraction of sp³-hybridized carbons (Fsp3) is 0.556. The average molecular weight is 317 g/mol. The molecule has 0 radical (unpaired) electrons. The Kier molecular flexibility index (Phi) is 5.64. The lowest BCUT2D eigenvalue weighted by Gasteiger charge is -2.39. The Labute approximate surface area is 138 Å². The van der Waals surface area contributed by atoms with Gasteiger partial charge in [0.05, 0.1) is 5.41 Å². The minimum absolute atomic E-state index is 0.0170. The van der Waals surface area contributed by atoms with E-state index in [4.69, 9.17) is 0 Å². The van der Waals surface area contributed by atoms with Gasteiger partial charge in [0.15, 0.2) is 0 Å². The van der Waals surface area contributed by atoms with Crippen LogP contribution in [0.25, 0.3) is 0 Å². The van der Waals surface area contributed by atoms with Crippen LogP contribution in [-0.2, 0) is 11.3 Å². The summed E-state index contributed by atoms with van der Waals surface area (Å²) in [6, 6.07) is 9.88. The molecule has 0 unspecified atom stereocenters. The molecule has 1 saturated heterocycles. The van der Waals surface area contributed by atoms with Crippen molar-refractivity contribution in [3.8, 4) is 0 Å². The van der Waals surface area contributed by atoms with E-state index in [1.54, 1.807) is 4.90 Å². The lowest BCUT2D eigenvalue weighted by molar-refractivity contribution is -0.132. The topological polar surface area (TPSA) is 61.4 Å². The fourth-order valence-electron chi connectivity index (χ4n) is 2.93. The van der Waals surface area contributed by atoms with Gasteiger partial charge in [0.1, 0.15) is 0 Å². The maximum Gasteiger partial charge on any atom is 0.317 e. The molecule has 23 heavy (non-hydrogen) atoms. The second-order valence-electron chi connectivity index (χ2n) is 6.86. The number of likely N-dealkylation sites (tertiary alicyclic amines) is 1. The third-order valence-electron chi connectivity index (χ3n) is 4.24. The highest BCUT2D eigenvalue weighted by atomic mass is 16.2. The van der Waals surface area contributed by atoms with Crippen LogP contribution >= 0.6 is 0 Å². The molecule has 1 heterocycles. The van der Waals surface area contributed by atoms with Crippen LogP contribution in [0.5, 0.6) is 0 Å². The van der Waals surface area contributed by atoms with Crippen LogP contribution in [0, 0.1) is 5.41 Å². The zero-order chi connectivity index (χ0) is 16.9. The van der Waals surface area contributed by atoms with Crippen molar-refractivity contribution in [1.29, 1.82) is 0 Å². The molecule has 5 heteroatoms. The molecule has 126 valence electrons. The van der Waals surface area contributed by atoms with Gasteiger partial charge in [-0.15, -0.1) is 0 Å². The van der Waals surface area contributed by atoms with Crippen molar-refractivity contribution in [3.05, 3.63) is 35.9 Å². The molecule has 0 aliphatic carbocycles. The molecule has 2 N–H and O–H groups in total. The molecule has 2 rings (SSSR count). The van der Waals surface area contributed by atoms with E-state index in [0.717, 1.165) is 18.4 Å². The predicted octanol–water partition coefficient (Wildman–Crippen LogP) is 2.52. The van der Waals surface area contributed by atoms with Crippen LogP contribution in [0.15, 0.2) is 30.3 Å². The molecular weight excluding hydrogens is 290 g/mol. The predicted molar refractivity (Wildman–Crippen MR) is 90.9 cm³/mol. The van der Waals surface area contributed by atoms with Gasteiger partial charge in [0.25, 0.3) is 0 Å². The first kappa shape index (κ1) is 17.3. The van der Waals surface area contributed by atoms with Crippen molar-refractivity contribution in [2.75, 3.05) is 13.1 Å². The van der Waals surface area contributed by atoms with E-state index >= 15 is 0 Å². The van der Waals surface area contributed by atoms with Crippen molar-refractivity contribution in [2.45, 2.75) is 46.2 Å². The van der Waals surface area contributed by atoms with Crippen molar-refractivity contribution < 1.29 is 9.59 Å². The number of rotatable bonds is 4. The standard InChI is InChI=1S/C18H27N3O2/c1-14(2)20-17(23)21-11-7-10-18(3,13-21)16(22)19-12-15-8-5-4-6-9-15/h4-6,8-9,14H,7,10-13H2,1-3H3,(H,19,22)(H,20,23)/t18-/m1/s1. The van der Waals surface area contributed by atoms with Crippen LogP contribution in [0.3, 0.4) is 0 Å². The van der Waals surface area contributed by atoms with E-state index < -0.39 is 5.41 Å². The number of amides is 3. The van der Waals surface area contributed by atoms with E-state index in [2.05, 4.69) is 10.6 Å². The number of carbonyl (C=O) groups excluding carboxylic acids is 2. The Hall–Kier alpha value is -2.04. The monoisotopic (exact) mass is 317 g/mol. The fourth-order valence-corrected chi connectivity index (χ4v) is 2.93. The second kappa shape index (κ2) is 7.49. The summed E-state index contributed by atoms with van der Waals surface area (Å²) in [6.45, 7) is 7.52. The maximum absolute atomic E-state index is 12.6. The first-order chi connectivity index (χ1) is 10.9. The Balaban J connectivity index is 1.94. The summed E-state index contributed by atoms with van der Waals surface area (Å²) in [6.07, 6.45) is 1.65. The summed E-state index contributed by atoms with van der Waals surface area (Å²) < 4.78 is 0. The number of urea groups is 1. The number of nitrogens with zero attached hydrogens (tertiary/aromatic N) is 1. The molecule has 0 bridgehead atoms. The van der Waals surface area contributed by atoms with Crippen molar-refractivity contribution in [2.24, 2.45) is 5.41 Å². The first-order valence-corrected chi connectivity index (χ1v) is 8.28. The number of hydrogen-bond donors (Lipinski definition) is 2. The molecule has 1 atom stereocenters. The highest BCUT2D eigenvalue weighted by Crippen LogP contribution is 2.29. The number of nitrogens with one attached hydrogen (secondary N) is 2. The largest absolute Gasteiger partial charge is 0.351 e. The van der Waals surface area contributed by atoms with Crippen molar-refractivity contribution in [3.63, 3.8) is 0 Å². The number of hydrogen-bond acceptors (Lipinski definition) is 2. The molecule has 3 amide bonds. The Morgan fingerprint density at radius 1 is 1.26 bits per heavy atom. The van der Waals surface area contributed by atoms with Gasteiger partial charge < -0.3 is 15.5 Å². The Bertz CT molecular complexity index is 544. The number of carbonyl (C=O) groups is 2. The summed E-state index contributed by atoms with van der Waals surface area (Å²) in [5.74, 6) is 0.0170. The van der Waals surface area contributed by atoms with Crippen molar-refractivity contribution in [1.82, 2.24) is 15.5 Å². The summed E-state index contributed by atoms with van der Waals surface area (Å²) in [5, 5.41) is 5.91. The smallest absolute Gasteiger partial charge is 0.317 e. The molecule has 1 fully saturated rings. The summed E-state index contributed by atoms with van der Waals surface area (Å²) in [7, 11) is 0. The molecule has 1 aromatic rings. The van der Waals surface area contributed by atoms with E-state index in [0.29, 0.717) is 19.6 Å².